The molecule has 0 radical (unpaired) electrons. The van der Waals surface area contributed by atoms with Crippen LogP contribution in [0.15, 0.2) is 0 Å². The summed E-state index contributed by atoms with van der Waals surface area (Å²) in [7, 11) is 0. The summed E-state index contributed by atoms with van der Waals surface area (Å²) in [5.41, 5.74) is -0.0657. The van der Waals surface area contributed by atoms with E-state index in [-0.39, 0.29) is 5.54 Å². The summed E-state index contributed by atoms with van der Waals surface area (Å²) in [4.78, 5) is 13.6. The van der Waals surface area contributed by atoms with Gasteiger partial charge in [-0.1, -0.05) is 0 Å². The van der Waals surface area contributed by atoms with E-state index in [1.807, 2.05) is 0 Å². The molecule has 3 nitrogen and oxygen atoms in total. The zero-order valence-corrected chi connectivity index (χ0v) is 7.51. The Morgan fingerprint density at radius 1 is 1.33 bits per heavy atom. The highest BCUT2D eigenvalue weighted by Gasteiger charge is 2.52. The first-order valence-electron chi connectivity index (χ1n) is 4.59. The Kier molecular flexibility index (Phi) is 1.93. The van der Waals surface area contributed by atoms with E-state index in [1.165, 1.54) is 0 Å². The molecule has 2 fully saturated rings. The first kappa shape index (κ1) is 8.20. The molecule has 0 aromatic carbocycles. The summed E-state index contributed by atoms with van der Waals surface area (Å²) in [6, 6.07) is 0. The van der Waals surface area contributed by atoms with Gasteiger partial charge in [0.2, 0.25) is 0 Å². The molecule has 0 bridgehead atoms. The average Bonchev–Trinajstić information content (AvgIpc) is 2.86. The second-order valence-corrected chi connectivity index (χ2v) is 3.69. The van der Waals surface area contributed by atoms with Crippen molar-refractivity contribution in [2.45, 2.75) is 25.3 Å². The molecule has 1 saturated heterocycles. The topological polar surface area (TPSA) is 29.5 Å². The lowest BCUT2D eigenvalue weighted by Crippen LogP contribution is -2.48. The molecule has 0 aromatic heterocycles. The van der Waals surface area contributed by atoms with Gasteiger partial charge in [-0.05, 0) is 19.8 Å². The van der Waals surface area contributed by atoms with Crippen LogP contribution in [0.2, 0.25) is 0 Å². The molecular formula is C9H15NO2. The molecule has 0 amide bonds. The highest BCUT2D eigenvalue weighted by atomic mass is 16.5. The SMILES string of the molecule is CC(=O)C1(N2CCOCC2)CC1. The first-order valence-corrected chi connectivity index (χ1v) is 4.59. The predicted octanol–water partition coefficient (Wildman–Crippen LogP) is 0.440. The molecule has 1 aliphatic carbocycles. The summed E-state index contributed by atoms with van der Waals surface area (Å²) >= 11 is 0. The van der Waals surface area contributed by atoms with Crippen molar-refractivity contribution in [3.05, 3.63) is 0 Å². The van der Waals surface area contributed by atoms with Crippen LogP contribution in [0.5, 0.6) is 0 Å². The van der Waals surface area contributed by atoms with Gasteiger partial charge in [0.1, 0.15) is 5.78 Å². The van der Waals surface area contributed by atoms with Gasteiger partial charge in [-0.3, -0.25) is 9.69 Å². The van der Waals surface area contributed by atoms with E-state index in [0.29, 0.717) is 5.78 Å². The van der Waals surface area contributed by atoms with E-state index in [1.54, 1.807) is 6.92 Å². The molecule has 0 aromatic rings. The maximum atomic E-state index is 11.3. The van der Waals surface area contributed by atoms with E-state index in [0.717, 1.165) is 39.1 Å². The Morgan fingerprint density at radius 2 is 1.92 bits per heavy atom. The van der Waals surface area contributed by atoms with Crippen LogP contribution >= 0.6 is 0 Å². The number of ether oxygens (including phenoxy) is 1. The van der Waals surface area contributed by atoms with Crippen molar-refractivity contribution in [3.63, 3.8) is 0 Å². The summed E-state index contributed by atoms with van der Waals surface area (Å²) < 4.78 is 5.25. The number of rotatable bonds is 2. The minimum absolute atomic E-state index is 0.0657. The molecular weight excluding hydrogens is 154 g/mol. The molecule has 0 unspecified atom stereocenters. The minimum Gasteiger partial charge on any atom is -0.379 e. The van der Waals surface area contributed by atoms with E-state index in [9.17, 15) is 4.79 Å². The molecule has 1 aliphatic heterocycles. The zero-order chi connectivity index (χ0) is 8.60. The van der Waals surface area contributed by atoms with Gasteiger partial charge in [0.05, 0.1) is 18.8 Å². The molecule has 1 saturated carbocycles. The number of hydrogen-bond donors (Lipinski definition) is 0. The third-order valence-electron chi connectivity index (χ3n) is 3.00. The van der Waals surface area contributed by atoms with Crippen LogP contribution in [0.1, 0.15) is 19.8 Å². The molecule has 2 aliphatic rings. The molecule has 0 N–H and O–H groups in total. The molecule has 0 atom stereocenters. The largest absolute Gasteiger partial charge is 0.379 e. The van der Waals surface area contributed by atoms with E-state index in [2.05, 4.69) is 4.90 Å². The molecule has 68 valence electrons. The van der Waals surface area contributed by atoms with Crippen molar-refractivity contribution in [2.24, 2.45) is 0 Å². The summed E-state index contributed by atoms with van der Waals surface area (Å²) in [6.07, 6.45) is 2.12. The molecule has 3 heteroatoms. The molecule has 0 spiro atoms. The van der Waals surface area contributed by atoms with Gasteiger partial charge < -0.3 is 4.74 Å². The van der Waals surface area contributed by atoms with E-state index >= 15 is 0 Å². The van der Waals surface area contributed by atoms with E-state index in [4.69, 9.17) is 4.74 Å². The fourth-order valence-corrected chi connectivity index (χ4v) is 2.00. The number of Topliss-reactive ketones (excluding diaryl/α,β-unsaturated/α-hetero) is 1. The lowest BCUT2D eigenvalue weighted by molar-refractivity contribution is -0.125. The van der Waals surface area contributed by atoms with Crippen molar-refractivity contribution in [1.82, 2.24) is 4.90 Å². The Balaban J connectivity index is 2.02. The van der Waals surface area contributed by atoms with Crippen LogP contribution in [0.3, 0.4) is 0 Å². The van der Waals surface area contributed by atoms with Crippen molar-refractivity contribution in [3.8, 4) is 0 Å². The number of carbonyl (C=O) groups excluding carboxylic acids is 1. The van der Waals surface area contributed by atoms with Crippen LogP contribution in [-0.4, -0.2) is 42.5 Å². The van der Waals surface area contributed by atoms with Gasteiger partial charge in [0, 0.05) is 13.1 Å². The monoisotopic (exact) mass is 169 g/mol. The predicted molar refractivity (Wildman–Crippen MR) is 45.0 cm³/mol. The highest BCUT2D eigenvalue weighted by Crippen LogP contribution is 2.42. The Labute approximate surface area is 72.7 Å². The van der Waals surface area contributed by atoms with Crippen LogP contribution in [0.25, 0.3) is 0 Å². The van der Waals surface area contributed by atoms with E-state index < -0.39 is 0 Å². The smallest absolute Gasteiger partial charge is 0.150 e. The quantitative estimate of drug-likeness (QED) is 0.600. The summed E-state index contributed by atoms with van der Waals surface area (Å²) in [5, 5.41) is 0. The summed E-state index contributed by atoms with van der Waals surface area (Å²) in [6.45, 7) is 5.14. The third kappa shape index (κ3) is 1.17. The highest BCUT2D eigenvalue weighted by molar-refractivity contribution is 5.89. The lowest BCUT2D eigenvalue weighted by Gasteiger charge is -2.33. The fraction of sp³-hybridized carbons (Fsp3) is 0.889. The Hall–Kier alpha value is -0.410. The molecule has 2 rings (SSSR count). The maximum absolute atomic E-state index is 11.3. The fourth-order valence-electron chi connectivity index (χ4n) is 2.00. The van der Waals surface area contributed by atoms with Crippen LogP contribution in [0.4, 0.5) is 0 Å². The van der Waals surface area contributed by atoms with Gasteiger partial charge in [-0.25, -0.2) is 0 Å². The zero-order valence-electron chi connectivity index (χ0n) is 7.51. The Bertz CT molecular complexity index is 193. The maximum Gasteiger partial charge on any atom is 0.150 e. The average molecular weight is 169 g/mol. The third-order valence-corrected chi connectivity index (χ3v) is 3.00. The van der Waals surface area contributed by atoms with Gasteiger partial charge >= 0.3 is 0 Å². The van der Waals surface area contributed by atoms with Crippen molar-refractivity contribution >= 4 is 5.78 Å². The second-order valence-electron chi connectivity index (χ2n) is 3.69. The van der Waals surface area contributed by atoms with Crippen molar-refractivity contribution in [1.29, 1.82) is 0 Å². The Morgan fingerprint density at radius 3 is 2.33 bits per heavy atom. The lowest BCUT2D eigenvalue weighted by atomic mass is 10.1. The van der Waals surface area contributed by atoms with Gasteiger partial charge in [0.15, 0.2) is 0 Å². The number of nitrogens with zero attached hydrogens (tertiary/aromatic N) is 1. The number of carbonyl (C=O) groups is 1. The van der Waals surface area contributed by atoms with Gasteiger partial charge in [-0.15, -0.1) is 0 Å². The normalized spacial score (nSPS) is 28.4. The number of morpholine rings is 1. The second kappa shape index (κ2) is 2.82. The van der Waals surface area contributed by atoms with Crippen molar-refractivity contribution < 1.29 is 9.53 Å². The van der Waals surface area contributed by atoms with Crippen LogP contribution < -0.4 is 0 Å². The minimum atomic E-state index is -0.0657. The van der Waals surface area contributed by atoms with Gasteiger partial charge in [0.25, 0.3) is 0 Å². The van der Waals surface area contributed by atoms with Crippen LogP contribution in [-0.2, 0) is 9.53 Å². The van der Waals surface area contributed by atoms with Crippen molar-refractivity contribution in [2.75, 3.05) is 26.3 Å². The molecule has 12 heavy (non-hydrogen) atoms. The number of hydrogen-bond acceptors (Lipinski definition) is 3. The number of ketones is 1. The molecule has 1 heterocycles. The van der Waals surface area contributed by atoms with Crippen LogP contribution in [0, 0.1) is 0 Å². The summed E-state index contributed by atoms with van der Waals surface area (Å²) in [5.74, 6) is 0.337. The standard InChI is InChI=1S/C9H15NO2/c1-8(11)9(2-3-9)10-4-6-12-7-5-10/h2-7H2,1H3. The first-order chi connectivity index (χ1) is 5.76. The van der Waals surface area contributed by atoms with Gasteiger partial charge in [-0.2, -0.15) is 0 Å².